The van der Waals surface area contributed by atoms with E-state index in [1.807, 2.05) is 13.0 Å². The molecule has 1 aromatic carbocycles. The number of nitrogens with one attached hydrogen (secondary N) is 2. The number of anilines is 1. The Bertz CT molecular complexity index is 603. The maximum absolute atomic E-state index is 11.7. The highest BCUT2D eigenvalue weighted by Gasteiger charge is 2.12. The zero-order chi connectivity index (χ0) is 14.5. The van der Waals surface area contributed by atoms with Gasteiger partial charge in [0.15, 0.2) is 0 Å². The number of hydrogen-bond donors (Lipinski definition) is 2. The Morgan fingerprint density at radius 3 is 2.80 bits per heavy atom. The smallest absolute Gasteiger partial charge is 0.252 e. The second kappa shape index (κ2) is 6.34. The van der Waals surface area contributed by atoms with E-state index in [1.165, 1.54) is 0 Å². The molecule has 1 aromatic heterocycles. The third-order valence-electron chi connectivity index (χ3n) is 2.85. The Morgan fingerprint density at radius 2 is 2.15 bits per heavy atom. The fraction of sp³-hybridized carbons (Fsp3) is 0.214. The zero-order valence-electron chi connectivity index (χ0n) is 11.2. The van der Waals surface area contributed by atoms with Crippen LogP contribution >= 0.6 is 11.6 Å². The molecule has 2 N–H and O–H groups in total. The summed E-state index contributed by atoms with van der Waals surface area (Å²) in [7, 11) is 1.57. The monoisotopic (exact) mass is 290 g/mol. The molecule has 0 saturated carbocycles. The molecule has 2 rings (SSSR count). The molecule has 104 valence electrons. The van der Waals surface area contributed by atoms with E-state index in [1.54, 1.807) is 37.8 Å². The van der Waals surface area contributed by atoms with Crippen molar-refractivity contribution >= 4 is 23.2 Å². The minimum absolute atomic E-state index is 0.0255. The highest BCUT2D eigenvalue weighted by Crippen LogP contribution is 2.23. The van der Waals surface area contributed by atoms with E-state index >= 15 is 0 Å². The summed E-state index contributed by atoms with van der Waals surface area (Å²) in [6, 6.07) is 5.20. The molecule has 1 unspecified atom stereocenters. The van der Waals surface area contributed by atoms with Crippen LogP contribution in [0.15, 0.2) is 36.8 Å². The van der Waals surface area contributed by atoms with Crippen LogP contribution in [0.1, 0.15) is 29.0 Å². The summed E-state index contributed by atoms with van der Waals surface area (Å²) in [4.78, 5) is 20.0. The Hall–Kier alpha value is -2.14. The molecule has 1 heterocycles. The van der Waals surface area contributed by atoms with Crippen LogP contribution in [0.3, 0.4) is 0 Å². The summed E-state index contributed by atoms with van der Waals surface area (Å²) in [6.45, 7) is 1.97. The number of nitrogens with zero attached hydrogens (tertiary/aromatic N) is 2. The van der Waals surface area contributed by atoms with E-state index in [0.29, 0.717) is 10.6 Å². The molecular formula is C14H15ClN4O. The van der Waals surface area contributed by atoms with E-state index in [-0.39, 0.29) is 11.9 Å². The molecule has 1 amide bonds. The summed E-state index contributed by atoms with van der Waals surface area (Å²) in [5.74, 6) is -0.217. The van der Waals surface area contributed by atoms with Crippen molar-refractivity contribution in [3.8, 4) is 0 Å². The topological polar surface area (TPSA) is 66.9 Å². The first kappa shape index (κ1) is 14.3. The molecule has 0 aliphatic heterocycles. The maximum Gasteiger partial charge on any atom is 0.252 e. The summed E-state index contributed by atoms with van der Waals surface area (Å²) >= 11 is 6.01. The van der Waals surface area contributed by atoms with Crippen LogP contribution in [-0.2, 0) is 0 Å². The van der Waals surface area contributed by atoms with Crippen molar-refractivity contribution in [2.24, 2.45) is 0 Å². The van der Waals surface area contributed by atoms with E-state index < -0.39 is 0 Å². The number of halogens is 1. The van der Waals surface area contributed by atoms with Crippen LogP contribution in [-0.4, -0.2) is 22.9 Å². The Kier molecular flexibility index (Phi) is 4.53. The quantitative estimate of drug-likeness (QED) is 0.908. The van der Waals surface area contributed by atoms with E-state index in [2.05, 4.69) is 20.6 Å². The van der Waals surface area contributed by atoms with Gasteiger partial charge in [-0.3, -0.25) is 14.8 Å². The van der Waals surface area contributed by atoms with Gasteiger partial charge in [-0.1, -0.05) is 11.6 Å². The van der Waals surface area contributed by atoms with Gasteiger partial charge in [0.25, 0.3) is 5.91 Å². The molecule has 20 heavy (non-hydrogen) atoms. The third kappa shape index (κ3) is 3.24. The zero-order valence-corrected chi connectivity index (χ0v) is 12.0. The second-order valence-corrected chi connectivity index (χ2v) is 4.68. The van der Waals surface area contributed by atoms with Crippen LogP contribution in [0.2, 0.25) is 5.02 Å². The van der Waals surface area contributed by atoms with Gasteiger partial charge in [0.2, 0.25) is 0 Å². The summed E-state index contributed by atoms with van der Waals surface area (Å²) in [5.41, 5.74) is 2.06. The van der Waals surface area contributed by atoms with Gasteiger partial charge in [-0.25, -0.2) is 0 Å². The van der Waals surface area contributed by atoms with Crippen molar-refractivity contribution in [2.75, 3.05) is 12.4 Å². The SMILES string of the molecule is CNC(=O)c1cc(NC(C)c2cnccn2)ccc1Cl. The molecule has 0 radical (unpaired) electrons. The molecular weight excluding hydrogens is 276 g/mol. The first-order chi connectivity index (χ1) is 9.61. The number of hydrogen-bond acceptors (Lipinski definition) is 4. The lowest BCUT2D eigenvalue weighted by Gasteiger charge is -2.15. The molecule has 6 heteroatoms. The van der Waals surface area contributed by atoms with Gasteiger partial charge in [-0.2, -0.15) is 0 Å². The predicted octanol–water partition coefficient (Wildman–Crippen LogP) is 2.66. The van der Waals surface area contributed by atoms with Crippen LogP contribution in [0.4, 0.5) is 5.69 Å². The van der Waals surface area contributed by atoms with Crippen LogP contribution in [0, 0.1) is 0 Å². The number of rotatable bonds is 4. The van der Waals surface area contributed by atoms with E-state index in [4.69, 9.17) is 11.6 Å². The van der Waals surface area contributed by atoms with Gasteiger partial charge in [0.05, 0.1) is 28.5 Å². The number of carbonyl (C=O) groups excluding carboxylic acids is 1. The molecule has 5 nitrogen and oxygen atoms in total. The van der Waals surface area contributed by atoms with Crippen molar-refractivity contribution in [1.29, 1.82) is 0 Å². The highest BCUT2D eigenvalue weighted by molar-refractivity contribution is 6.34. The fourth-order valence-corrected chi connectivity index (χ4v) is 1.99. The molecule has 0 saturated heterocycles. The first-order valence-electron chi connectivity index (χ1n) is 6.16. The lowest BCUT2D eigenvalue weighted by atomic mass is 10.1. The average molecular weight is 291 g/mol. The van der Waals surface area contributed by atoms with Crippen LogP contribution in [0.25, 0.3) is 0 Å². The molecule has 0 aliphatic rings. The maximum atomic E-state index is 11.7. The average Bonchev–Trinajstić information content (AvgIpc) is 2.49. The second-order valence-electron chi connectivity index (χ2n) is 4.27. The Morgan fingerprint density at radius 1 is 1.35 bits per heavy atom. The lowest BCUT2D eigenvalue weighted by molar-refractivity contribution is 0.0963. The minimum atomic E-state index is -0.217. The number of carbonyl (C=O) groups is 1. The first-order valence-corrected chi connectivity index (χ1v) is 6.53. The Balaban J connectivity index is 2.20. The molecule has 2 aromatic rings. The largest absolute Gasteiger partial charge is 0.377 e. The van der Waals surface area contributed by atoms with Crippen molar-refractivity contribution in [1.82, 2.24) is 15.3 Å². The molecule has 0 aliphatic carbocycles. The van der Waals surface area contributed by atoms with Gasteiger partial charge in [0, 0.05) is 25.1 Å². The number of amides is 1. The normalized spacial score (nSPS) is 11.8. The standard InChI is InChI=1S/C14H15ClN4O/c1-9(13-8-17-5-6-18-13)19-10-3-4-12(15)11(7-10)14(20)16-2/h3-9,19H,1-2H3,(H,16,20). The number of aromatic nitrogens is 2. The Labute approximate surface area is 122 Å². The summed E-state index contributed by atoms with van der Waals surface area (Å²) < 4.78 is 0. The molecule has 0 fully saturated rings. The van der Waals surface area contributed by atoms with Crippen LogP contribution in [0.5, 0.6) is 0 Å². The van der Waals surface area contributed by atoms with Gasteiger partial charge >= 0.3 is 0 Å². The highest BCUT2D eigenvalue weighted by atomic mass is 35.5. The van der Waals surface area contributed by atoms with E-state index in [9.17, 15) is 4.79 Å². The van der Waals surface area contributed by atoms with Gasteiger partial charge in [-0.15, -0.1) is 0 Å². The predicted molar refractivity (Wildman–Crippen MR) is 78.9 cm³/mol. The number of benzene rings is 1. The van der Waals surface area contributed by atoms with Gasteiger partial charge in [-0.05, 0) is 25.1 Å². The molecule has 0 spiro atoms. The van der Waals surface area contributed by atoms with Gasteiger partial charge in [0.1, 0.15) is 0 Å². The molecule has 0 bridgehead atoms. The van der Waals surface area contributed by atoms with Crippen LogP contribution < -0.4 is 10.6 Å². The van der Waals surface area contributed by atoms with Crippen molar-refractivity contribution < 1.29 is 4.79 Å². The van der Waals surface area contributed by atoms with Gasteiger partial charge < -0.3 is 10.6 Å². The van der Waals surface area contributed by atoms with E-state index in [0.717, 1.165) is 11.4 Å². The minimum Gasteiger partial charge on any atom is -0.377 e. The fourth-order valence-electron chi connectivity index (χ4n) is 1.78. The summed E-state index contributed by atoms with van der Waals surface area (Å²) in [5, 5.41) is 6.24. The third-order valence-corrected chi connectivity index (χ3v) is 3.18. The molecule has 1 atom stereocenters. The van der Waals surface area contributed by atoms with Crippen molar-refractivity contribution in [3.05, 3.63) is 53.1 Å². The van der Waals surface area contributed by atoms with Crippen molar-refractivity contribution in [2.45, 2.75) is 13.0 Å². The van der Waals surface area contributed by atoms with Crippen molar-refractivity contribution in [3.63, 3.8) is 0 Å². The lowest BCUT2D eigenvalue weighted by Crippen LogP contribution is -2.18. The summed E-state index contributed by atoms with van der Waals surface area (Å²) in [6.07, 6.45) is 4.97.